The van der Waals surface area contributed by atoms with E-state index < -0.39 is 0 Å². The molecule has 0 spiro atoms. The van der Waals surface area contributed by atoms with Gasteiger partial charge in [0.1, 0.15) is 0 Å². The highest BCUT2D eigenvalue weighted by atomic mass is 16.1. The van der Waals surface area contributed by atoms with Gasteiger partial charge in [-0.15, -0.1) is 0 Å². The van der Waals surface area contributed by atoms with Crippen molar-refractivity contribution in [2.45, 2.75) is 26.2 Å². The molecule has 0 saturated carbocycles. The van der Waals surface area contributed by atoms with Gasteiger partial charge in [0.2, 0.25) is 5.91 Å². The van der Waals surface area contributed by atoms with E-state index in [0.29, 0.717) is 12.0 Å². The zero-order valence-electron chi connectivity index (χ0n) is 11.6. The van der Waals surface area contributed by atoms with E-state index in [-0.39, 0.29) is 5.91 Å². The molecule has 19 heavy (non-hydrogen) atoms. The van der Waals surface area contributed by atoms with Gasteiger partial charge >= 0.3 is 0 Å². The van der Waals surface area contributed by atoms with E-state index in [2.05, 4.69) is 24.2 Å². The van der Waals surface area contributed by atoms with Gasteiger partial charge in [0.05, 0.1) is 11.6 Å². The number of nitrogens with one attached hydrogen (secondary N) is 1. The number of amides is 1. The van der Waals surface area contributed by atoms with Gasteiger partial charge in [0, 0.05) is 12.1 Å². The maximum Gasteiger partial charge on any atom is 0.224 e. The average molecular weight is 259 g/mol. The Balaban J connectivity index is 2.29. The van der Waals surface area contributed by atoms with Gasteiger partial charge in [-0.3, -0.25) is 4.79 Å². The first-order chi connectivity index (χ1) is 9.15. The zero-order chi connectivity index (χ0) is 14.1. The van der Waals surface area contributed by atoms with Gasteiger partial charge in [-0.05, 0) is 57.2 Å². The van der Waals surface area contributed by atoms with E-state index in [1.165, 1.54) is 0 Å². The Morgan fingerprint density at radius 1 is 1.32 bits per heavy atom. The van der Waals surface area contributed by atoms with Crippen LogP contribution < -0.4 is 5.32 Å². The molecule has 0 aliphatic carbocycles. The first-order valence-corrected chi connectivity index (χ1v) is 6.64. The molecule has 0 unspecified atom stereocenters. The van der Waals surface area contributed by atoms with Gasteiger partial charge in [-0.2, -0.15) is 5.26 Å². The monoisotopic (exact) mass is 259 g/mol. The van der Waals surface area contributed by atoms with Crippen LogP contribution in [0.4, 0.5) is 5.69 Å². The number of benzene rings is 1. The number of nitriles is 1. The van der Waals surface area contributed by atoms with Crippen LogP contribution in [0.2, 0.25) is 0 Å². The molecule has 0 radical (unpaired) electrons. The van der Waals surface area contributed by atoms with Gasteiger partial charge in [0.15, 0.2) is 0 Å². The van der Waals surface area contributed by atoms with Crippen LogP contribution in [-0.2, 0) is 4.79 Å². The first kappa shape index (κ1) is 15.2. The highest BCUT2D eigenvalue weighted by Crippen LogP contribution is 2.09. The molecule has 0 aromatic heterocycles. The number of hydrogen-bond donors (Lipinski definition) is 1. The SMILES string of the molecule is CCCN(C)CCCC(=O)Nc1ccc(C#N)cc1. The standard InChI is InChI=1S/C15H21N3O/c1-3-10-18(2)11-4-5-15(19)17-14-8-6-13(12-16)7-9-14/h6-9H,3-5,10-11H2,1-2H3,(H,17,19). The number of carbonyl (C=O) groups is 1. The summed E-state index contributed by atoms with van der Waals surface area (Å²) in [6, 6.07) is 8.95. The van der Waals surface area contributed by atoms with Crippen LogP contribution in [-0.4, -0.2) is 30.9 Å². The summed E-state index contributed by atoms with van der Waals surface area (Å²) in [7, 11) is 2.07. The van der Waals surface area contributed by atoms with Crippen molar-refractivity contribution in [3.63, 3.8) is 0 Å². The number of nitrogens with zero attached hydrogens (tertiary/aromatic N) is 2. The second-order valence-electron chi connectivity index (χ2n) is 4.64. The van der Waals surface area contributed by atoms with E-state index in [0.717, 1.165) is 31.6 Å². The quantitative estimate of drug-likeness (QED) is 0.819. The van der Waals surface area contributed by atoms with Crippen molar-refractivity contribution in [2.75, 3.05) is 25.5 Å². The molecule has 1 N–H and O–H groups in total. The Labute approximate surface area is 115 Å². The molecule has 4 nitrogen and oxygen atoms in total. The van der Waals surface area contributed by atoms with Gasteiger partial charge in [0.25, 0.3) is 0 Å². The van der Waals surface area contributed by atoms with Crippen molar-refractivity contribution < 1.29 is 4.79 Å². The van der Waals surface area contributed by atoms with E-state index in [1.54, 1.807) is 24.3 Å². The fourth-order valence-electron chi connectivity index (χ4n) is 1.85. The second kappa shape index (κ2) is 8.28. The lowest BCUT2D eigenvalue weighted by atomic mass is 10.2. The van der Waals surface area contributed by atoms with Crippen molar-refractivity contribution in [1.82, 2.24) is 4.90 Å². The topological polar surface area (TPSA) is 56.1 Å². The van der Waals surface area contributed by atoms with Crippen molar-refractivity contribution in [3.05, 3.63) is 29.8 Å². The molecular weight excluding hydrogens is 238 g/mol. The summed E-state index contributed by atoms with van der Waals surface area (Å²) in [6.07, 6.45) is 2.51. The summed E-state index contributed by atoms with van der Waals surface area (Å²) in [5.74, 6) is 0.0228. The molecule has 1 aromatic carbocycles. The van der Waals surface area contributed by atoms with Crippen molar-refractivity contribution in [1.29, 1.82) is 5.26 Å². The van der Waals surface area contributed by atoms with Crippen molar-refractivity contribution >= 4 is 11.6 Å². The number of hydrogen-bond acceptors (Lipinski definition) is 3. The molecule has 4 heteroatoms. The minimum absolute atomic E-state index is 0.0228. The molecule has 1 amide bonds. The lowest BCUT2D eigenvalue weighted by molar-refractivity contribution is -0.116. The number of rotatable bonds is 7. The van der Waals surface area contributed by atoms with E-state index in [9.17, 15) is 4.79 Å². The molecule has 0 bridgehead atoms. The largest absolute Gasteiger partial charge is 0.326 e. The zero-order valence-corrected chi connectivity index (χ0v) is 11.6. The maximum atomic E-state index is 11.7. The van der Waals surface area contributed by atoms with E-state index in [4.69, 9.17) is 5.26 Å². The fourth-order valence-corrected chi connectivity index (χ4v) is 1.85. The minimum atomic E-state index is 0.0228. The summed E-state index contributed by atoms with van der Waals surface area (Å²) in [5, 5.41) is 11.5. The molecular formula is C15H21N3O. The molecule has 0 saturated heterocycles. The Hall–Kier alpha value is -1.86. The van der Waals surface area contributed by atoms with Crippen LogP contribution in [0.1, 0.15) is 31.7 Å². The fraction of sp³-hybridized carbons (Fsp3) is 0.467. The molecule has 0 aliphatic heterocycles. The Morgan fingerprint density at radius 2 is 2.00 bits per heavy atom. The molecule has 0 fully saturated rings. The third kappa shape index (κ3) is 6.03. The third-order valence-corrected chi connectivity index (χ3v) is 2.85. The Bertz CT molecular complexity index is 434. The normalized spacial score (nSPS) is 10.2. The van der Waals surface area contributed by atoms with E-state index >= 15 is 0 Å². The van der Waals surface area contributed by atoms with Gasteiger partial charge in [-0.25, -0.2) is 0 Å². The molecule has 0 heterocycles. The summed E-state index contributed by atoms with van der Waals surface area (Å²) >= 11 is 0. The summed E-state index contributed by atoms with van der Waals surface area (Å²) in [6.45, 7) is 4.15. The lowest BCUT2D eigenvalue weighted by Crippen LogP contribution is -2.22. The first-order valence-electron chi connectivity index (χ1n) is 6.64. The van der Waals surface area contributed by atoms with Crippen LogP contribution in [0.15, 0.2) is 24.3 Å². The summed E-state index contributed by atoms with van der Waals surface area (Å²) in [4.78, 5) is 13.9. The number of anilines is 1. The molecule has 0 atom stereocenters. The molecule has 102 valence electrons. The second-order valence-corrected chi connectivity index (χ2v) is 4.64. The maximum absolute atomic E-state index is 11.7. The van der Waals surface area contributed by atoms with Crippen LogP contribution in [0.3, 0.4) is 0 Å². The molecule has 0 aliphatic rings. The van der Waals surface area contributed by atoms with Crippen LogP contribution in [0.5, 0.6) is 0 Å². The summed E-state index contributed by atoms with van der Waals surface area (Å²) in [5.41, 5.74) is 1.34. The minimum Gasteiger partial charge on any atom is -0.326 e. The highest BCUT2D eigenvalue weighted by molar-refractivity contribution is 5.90. The predicted molar refractivity (Wildman–Crippen MR) is 76.8 cm³/mol. The third-order valence-electron chi connectivity index (χ3n) is 2.85. The van der Waals surface area contributed by atoms with Crippen LogP contribution in [0.25, 0.3) is 0 Å². The molecule has 1 rings (SSSR count). The highest BCUT2D eigenvalue weighted by Gasteiger charge is 2.03. The summed E-state index contributed by atoms with van der Waals surface area (Å²) < 4.78 is 0. The van der Waals surface area contributed by atoms with Gasteiger partial charge in [-0.1, -0.05) is 6.92 Å². The Kier molecular flexibility index (Phi) is 6.62. The number of carbonyl (C=O) groups excluding carboxylic acids is 1. The van der Waals surface area contributed by atoms with Gasteiger partial charge < -0.3 is 10.2 Å². The van der Waals surface area contributed by atoms with Crippen molar-refractivity contribution in [3.8, 4) is 6.07 Å². The lowest BCUT2D eigenvalue weighted by Gasteiger charge is -2.14. The Morgan fingerprint density at radius 3 is 2.58 bits per heavy atom. The van der Waals surface area contributed by atoms with Crippen LogP contribution >= 0.6 is 0 Å². The van der Waals surface area contributed by atoms with E-state index in [1.807, 2.05) is 6.07 Å². The average Bonchev–Trinajstić information content (AvgIpc) is 2.40. The van der Waals surface area contributed by atoms with Crippen LogP contribution in [0, 0.1) is 11.3 Å². The predicted octanol–water partition coefficient (Wildman–Crippen LogP) is 2.62. The van der Waals surface area contributed by atoms with Crippen molar-refractivity contribution in [2.24, 2.45) is 0 Å². The molecule has 1 aromatic rings. The smallest absolute Gasteiger partial charge is 0.224 e.